The highest BCUT2D eigenvalue weighted by Gasteiger charge is 2.22. The minimum atomic E-state index is 0.108. The van der Waals surface area contributed by atoms with E-state index in [9.17, 15) is 4.79 Å². The van der Waals surface area contributed by atoms with Crippen LogP contribution in [0.5, 0.6) is 0 Å². The van der Waals surface area contributed by atoms with E-state index in [0.717, 1.165) is 32.7 Å². The molecule has 98 valence electrons. The predicted molar refractivity (Wildman–Crippen MR) is 70.9 cm³/mol. The fourth-order valence-electron chi connectivity index (χ4n) is 2.24. The summed E-state index contributed by atoms with van der Waals surface area (Å²) in [7, 11) is 0. The summed E-state index contributed by atoms with van der Waals surface area (Å²) >= 11 is 0. The Kier molecular flexibility index (Phi) is 4.31. The number of carbonyl (C=O) groups is 1. The quantitative estimate of drug-likeness (QED) is 0.809. The first-order valence-electron chi connectivity index (χ1n) is 6.57. The van der Waals surface area contributed by atoms with Crippen LogP contribution in [0.3, 0.4) is 0 Å². The van der Waals surface area contributed by atoms with Gasteiger partial charge in [-0.2, -0.15) is 0 Å². The standard InChI is InChI=1S/C14H21N3O/c1-12(2)14(18)17-9-7-16(8-10-17)11-13-3-5-15-6-4-13/h3-6,12H,7-11H2,1-2H3. The van der Waals surface area contributed by atoms with Gasteiger partial charge in [0.15, 0.2) is 0 Å². The number of rotatable bonds is 3. The number of amides is 1. The zero-order valence-corrected chi connectivity index (χ0v) is 11.2. The van der Waals surface area contributed by atoms with Crippen molar-refractivity contribution in [1.29, 1.82) is 0 Å². The van der Waals surface area contributed by atoms with Crippen molar-refractivity contribution in [3.05, 3.63) is 30.1 Å². The Morgan fingerprint density at radius 2 is 1.83 bits per heavy atom. The molecule has 2 rings (SSSR count). The molecule has 18 heavy (non-hydrogen) atoms. The summed E-state index contributed by atoms with van der Waals surface area (Å²) in [6.45, 7) is 8.50. The Bertz CT molecular complexity index is 383. The lowest BCUT2D eigenvalue weighted by Crippen LogP contribution is -2.49. The van der Waals surface area contributed by atoms with Crippen LogP contribution in [0.25, 0.3) is 0 Å². The van der Waals surface area contributed by atoms with Crippen molar-refractivity contribution < 1.29 is 4.79 Å². The Hall–Kier alpha value is -1.42. The molecule has 0 N–H and O–H groups in total. The summed E-state index contributed by atoms with van der Waals surface area (Å²) in [4.78, 5) is 20.3. The average molecular weight is 247 g/mol. The molecule has 0 saturated carbocycles. The summed E-state index contributed by atoms with van der Waals surface area (Å²) in [6.07, 6.45) is 3.65. The van der Waals surface area contributed by atoms with Gasteiger partial charge in [-0.3, -0.25) is 14.7 Å². The van der Waals surface area contributed by atoms with Gasteiger partial charge in [0, 0.05) is 51.0 Å². The van der Waals surface area contributed by atoms with Crippen LogP contribution in [0, 0.1) is 5.92 Å². The first-order valence-corrected chi connectivity index (χ1v) is 6.57. The number of hydrogen-bond acceptors (Lipinski definition) is 3. The zero-order valence-electron chi connectivity index (χ0n) is 11.2. The van der Waals surface area contributed by atoms with Crippen molar-refractivity contribution in [2.24, 2.45) is 5.92 Å². The molecule has 0 radical (unpaired) electrons. The molecular formula is C14H21N3O. The van der Waals surface area contributed by atoms with E-state index in [-0.39, 0.29) is 11.8 Å². The first kappa shape index (κ1) is 13.0. The normalized spacial score (nSPS) is 17.2. The van der Waals surface area contributed by atoms with Crippen molar-refractivity contribution in [3.63, 3.8) is 0 Å². The molecular weight excluding hydrogens is 226 g/mol. The van der Waals surface area contributed by atoms with Gasteiger partial charge in [-0.05, 0) is 17.7 Å². The van der Waals surface area contributed by atoms with Crippen molar-refractivity contribution >= 4 is 5.91 Å². The van der Waals surface area contributed by atoms with Crippen molar-refractivity contribution in [3.8, 4) is 0 Å². The maximum atomic E-state index is 11.9. The summed E-state index contributed by atoms with van der Waals surface area (Å²) in [5, 5.41) is 0. The lowest BCUT2D eigenvalue weighted by molar-refractivity contribution is -0.136. The molecule has 2 heterocycles. The SMILES string of the molecule is CC(C)C(=O)N1CCN(Cc2ccncc2)CC1. The number of hydrogen-bond donors (Lipinski definition) is 0. The summed E-state index contributed by atoms with van der Waals surface area (Å²) in [6, 6.07) is 4.09. The molecule has 4 nitrogen and oxygen atoms in total. The number of piperazine rings is 1. The zero-order chi connectivity index (χ0) is 13.0. The molecule has 4 heteroatoms. The van der Waals surface area contributed by atoms with Crippen LogP contribution in [0.15, 0.2) is 24.5 Å². The van der Waals surface area contributed by atoms with Gasteiger partial charge in [-0.1, -0.05) is 13.8 Å². The van der Waals surface area contributed by atoms with Gasteiger partial charge < -0.3 is 4.90 Å². The molecule has 1 amide bonds. The van der Waals surface area contributed by atoms with Gasteiger partial charge in [0.05, 0.1) is 0 Å². The third kappa shape index (κ3) is 3.29. The van der Waals surface area contributed by atoms with Gasteiger partial charge in [-0.15, -0.1) is 0 Å². The average Bonchev–Trinajstić information content (AvgIpc) is 2.40. The van der Waals surface area contributed by atoms with Crippen LogP contribution in [0.1, 0.15) is 19.4 Å². The summed E-state index contributed by atoms with van der Waals surface area (Å²) in [5.41, 5.74) is 1.29. The van der Waals surface area contributed by atoms with Crippen LogP contribution in [-0.2, 0) is 11.3 Å². The monoisotopic (exact) mass is 247 g/mol. The maximum Gasteiger partial charge on any atom is 0.225 e. The number of pyridine rings is 1. The van der Waals surface area contributed by atoms with Crippen LogP contribution in [0.2, 0.25) is 0 Å². The van der Waals surface area contributed by atoms with Crippen molar-refractivity contribution in [2.75, 3.05) is 26.2 Å². The largest absolute Gasteiger partial charge is 0.340 e. The lowest BCUT2D eigenvalue weighted by atomic mass is 10.1. The highest BCUT2D eigenvalue weighted by atomic mass is 16.2. The Balaban J connectivity index is 1.82. The Morgan fingerprint density at radius 3 is 2.39 bits per heavy atom. The molecule has 0 aliphatic carbocycles. The minimum Gasteiger partial charge on any atom is -0.340 e. The molecule has 0 bridgehead atoms. The molecule has 0 unspecified atom stereocenters. The van der Waals surface area contributed by atoms with Gasteiger partial charge in [0.1, 0.15) is 0 Å². The van der Waals surface area contributed by atoms with Crippen molar-refractivity contribution in [2.45, 2.75) is 20.4 Å². The second kappa shape index (κ2) is 5.96. The number of carbonyl (C=O) groups excluding carboxylic acids is 1. The Labute approximate surface area is 109 Å². The molecule has 0 aromatic carbocycles. The topological polar surface area (TPSA) is 36.4 Å². The van der Waals surface area contributed by atoms with E-state index in [1.807, 2.05) is 43.3 Å². The summed E-state index contributed by atoms with van der Waals surface area (Å²) in [5.74, 6) is 0.385. The molecule has 1 aromatic heterocycles. The van der Waals surface area contributed by atoms with Gasteiger partial charge in [0.25, 0.3) is 0 Å². The highest BCUT2D eigenvalue weighted by molar-refractivity contribution is 5.78. The molecule has 0 spiro atoms. The van der Waals surface area contributed by atoms with Gasteiger partial charge in [0.2, 0.25) is 5.91 Å². The van der Waals surface area contributed by atoms with Crippen LogP contribution < -0.4 is 0 Å². The molecule has 1 saturated heterocycles. The number of nitrogens with zero attached hydrogens (tertiary/aromatic N) is 3. The van der Waals surface area contributed by atoms with E-state index in [0.29, 0.717) is 0 Å². The van der Waals surface area contributed by atoms with E-state index in [2.05, 4.69) is 9.88 Å². The predicted octanol–water partition coefficient (Wildman–Crippen LogP) is 1.38. The highest BCUT2D eigenvalue weighted by Crippen LogP contribution is 2.10. The lowest BCUT2D eigenvalue weighted by Gasteiger charge is -2.35. The van der Waals surface area contributed by atoms with Gasteiger partial charge >= 0.3 is 0 Å². The van der Waals surface area contributed by atoms with Gasteiger partial charge in [-0.25, -0.2) is 0 Å². The molecule has 0 atom stereocenters. The van der Waals surface area contributed by atoms with E-state index in [1.54, 1.807) is 0 Å². The van der Waals surface area contributed by atoms with Crippen LogP contribution in [-0.4, -0.2) is 46.9 Å². The first-order chi connectivity index (χ1) is 8.66. The van der Waals surface area contributed by atoms with Crippen LogP contribution >= 0.6 is 0 Å². The fraction of sp³-hybridized carbons (Fsp3) is 0.571. The second-order valence-electron chi connectivity index (χ2n) is 5.11. The van der Waals surface area contributed by atoms with E-state index in [4.69, 9.17) is 0 Å². The van der Waals surface area contributed by atoms with E-state index >= 15 is 0 Å². The maximum absolute atomic E-state index is 11.9. The fourth-order valence-corrected chi connectivity index (χ4v) is 2.24. The van der Waals surface area contributed by atoms with E-state index < -0.39 is 0 Å². The molecule has 1 aromatic rings. The smallest absolute Gasteiger partial charge is 0.225 e. The Morgan fingerprint density at radius 1 is 1.22 bits per heavy atom. The minimum absolute atomic E-state index is 0.108. The number of aromatic nitrogens is 1. The van der Waals surface area contributed by atoms with Crippen LogP contribution in [0.4, 0.5) is 0 Å². The van der Waals surface area contributed by atoms with Crippen molar-refractivity contribution in [1.82, 2.24) is 14.8 Å². The molecule has 1 fully saturated rings. The third-order valence-electron chi connectivity index (χ3n) is 3.33. The van der Waals surface area contributed by atoms with E-state index in [1.165, 1.54) is 5.56 Å². The summed E-state index contributed by atoms with van der Waals surface area (Å²) < 4.78 is 0. The molecule has 1 aliphatic heterocycles. The third-order valence-corrected chi connectivity index (χ3v) is 3.33. The molecule has 1 aliphatic rings. The second-order valence-corrected chi connectivity index (χ2v) is 5.11.